The zero-order valence-electron chi connectivity index (χ0n) is 15.6. The third-order valence-corrected chi connectivity index (χ3v) is 6.01. The lowest BCUT2D eigenvalue weighted by Crippen LogP contribution is -2.37. The fraction of sp³-hybridized carbons (Fsp3) is 0.350. The summed E-state index contributed by atoms with van der Waals surface area (Å²) in [5.41, 5.74) is 7.17. The molecule has 3 N–H and O–H groups in total. The molecule has 0 aromatic heterocycles. The van der Waals surface area contributed by atoms with Crippen LogP contribution in [0.1, 0.15) is 28.8 Å². The largest absolute Gasteiger partial charge is 0.337 e. The maximum absolute atomic E-state index is 12.9. The zero-order chi connectivity index (χ0) is 19.3. The zero-order valence-corrected chi connectivity index (χ0v) is 17.2. The van der Waals surface area contributed by atoms with Gasteiger partial charge >= 0.3 is 0 Å². The summed E-state index contributed by atoms with van der Waals surface area (Å²) in [4.78, 5) is 14.7. The van der Waals surface area contributed by atoms with Crippen LogP contribution in [0.5, 0.6) is 0 Å². The van der Waals surface area contributed by atoms with Crippen molar-refractivity contribution in [2.45, 2.75) is 30.2 Å². The van der Waals surface area contributed by atoms with Crippen LogP contribution in [-0.2, 0) is 16.4 Å². The molecule has 1 saturated carbocycles. The van der Waals surface area contributed by atoms with Gasteiger partial charge in [0.05, 0.1) is 4.90 Å². The van der Waals surface area contributed by atoms with Gasteiger partial charge in [0, 0.05) is 31.2 Å². The van der Waals surface area contributed by atoms with E-state index in [4.69, 9.17) is 5.73 Å². The SMILES string of the molecule is Cl.NCCN(CCc1ccccc1)C(=O)c1cccc(S(=O)(=O)NC2CC2)c1. The second-order valence-electron chi connectivity index (χ2n) is 6.74. The average Bonchev–Trinajstić information content (AvgIpc) is 3.49. The summed E-state index contributed by atoms with van der Waals surface area (Å²) in [6, 6.07) is 16.1. The molecular formula is C20H26ClN3O3S. The molecule has 28 heavy (non-hydrogen) atoms. The van der Waals surface area contributed by atoms with Gasteiger partial charge in [0.2, 0.25) is 10.0 Å². The quantitative estimate of drug-likeness (QED) is 0.646. The van der Waals surface area contributed by atoms with Gasteiger partial charge in [-0.05, 0) is 43.0 Å². The highest BCUT2D eigenvalue weighted by molar-refractivity contribution is 7.89. The third kappa shape index (κ3) is 6.04. The topological polar surface area (TPSA) is 92.5 Å². The number of nitrogens with one attached hydrogen (secondary N) is 1. The van der Waals surface area contributed by atoms with Crippen molar-refractivity contribution in [1.29, 1.82) is 0 Å². The van der Waals surface area contributed by atoms with E-state index in [0.717, 1.165) is 18.4 Å². The first-order chi connectivity index (χ1) is 13.0. The second-order valence-corrected chi connectivity index (χ2v) is 8.45. The Morgan fingerprint density at radius 3 is 2.43 bits per heavy atom. The molecule has 3 rings (SSSR count). The van der Waals surface area contributed by atoms with Crippen LogP contribution in [0.25, 0.3) is 0 Å². The van der Waals surface area contributed by atoms with Crippen molar-refractivity contribution >= 4 is 28.3 Å². The number of hydrogen-bond donors (Lipinski definition) is 2. The smallest absolute Gasteiger partial charge is 0.253 e. The van der Waals surface area contributed by atoms with Crippen molar-refractivity contribution in [1.82, 2.24) is 9.62 Å². The molecule has 0 unspecified atom stereocenters. The molecule has 1 amide bonds. The predicted molar refractivity (Wildman–Crippen MR) is 112 cm³/mol. The maximum Gasteiger partial charge on any atom is 0.253 e. The first-order valence-corrected chi connectivity index (χ1v) is 10.6. The van der Waals surface area contributed by atoms with Crippen molar-refractivity contribution in [3.63, 3.8) is 0 Å². The van der Waals surface area contributed by atoms with Crippen molar-refractivity contribution in [3.8, 4) is 0 Å². The first kappa shape index (κ1) is 22.4. The van der Waals surface area contributed by atoms with Crippen molar-refractivity contribution in [3.05, 3.63) is 65.7 Å². The molecule has 2 aromatic rings. The van der Waals surface area contributed by atoms with Gasteiger partial charge < -0.3 is 10.6 Å². The normalized spacial score (nSPS) is 13.6. The van der Waals surface area contributed by atoms with E-state index in [-0.39, 0.29) is 29.3 Å². The molecule has 0 radical (unpaired) electrons. The molecular weight excluding hydrogens is 398 g/mol. The number of benzene rings is 2. The van der Waals surface area contributed by atoms with E-state index in [0.29, 0.717) is 31.6 Å². The second kappa shape index (κ2) is 10.0. The van der Waals surface area contributed by atoms with Crippen molar-refractivity contribution in [2.75, 3.05) is 19.6 Å². The number of sulfonamides is 1. The van der Waals surface area contributed by atoms with E-state index in [1.807, 2.05) is 30.3 Å². The predicted octanol–water partition coefficient (Wildman–Crippen LogP) is 2.19. The molecule has 8 heteroatoms. The highest BCUT2D eigenvalue weighted by atomic mass is 35.5. The lowest BCUT2D eigenvalue weighted by Gasteiger charge is -2.22. The number of carbonyl (C=O) groups excluding carboxylic acids is 1. The van der Waals surface area contributed by atoms with Gasteiger partial charge in [0.25, 0.3) is 5.91 Å². The van der Waals surface area contributed by atoms with Gasteiger partial charge in [0.1, 0.15) is 0 Å². The highest BCUT2D eigenvalue weighted by Crippen LogP contribution is 2.22. The number of nitrogens with zero attached hydrogens (tertiary/aromatic N) is 1. The van der Waals surface area contributed by atoms with Crippen LogP contribution in [0.15, 0.2) is 59.5 Å². The van der Waals surface area contributed by atoms with Crippen LogP contribution in [0.3, 0.4) is 0 Å². The molecule has 6 nitrogen and oxygen atoms in total. The highest BCUT2D eigenvalue weighted by Gasteiger charge is 2.28. The Morgan fingerprint density at radius 2 is 1.79 bits per heavy atom. The standard InChI is InChI=1S/C20H25N3O3S.ClH/c21-12-14-23(13-11-16-5-2-1-3-6-16)20(24)17-7-4-8-19(15-17)27(25,26)22-18-9-10-18;/h1-8,15,18,22H,9-14,21H2;1H. The number of halogens is 1. The Bertz CT molecular complexity index is 887. The van der Waals surface area contributed by atoms with Crippen LogP contribution in [-0.4, -0.2) is 44.9 Å². The minimum Gasteiger partial charge on any atom is -0.337 e. The Balaban J connectivity index is 0.00000280. The van der Waals surface area contributed by atoms with Crippen LogP contribution in [0, 0.1) is 0 Å². The first-order valence-electron chi connectivity index (χ1n) is 9.15. The molecule has 0 spiro atoms. The Morgan fingerprint density at radius 1 is 1.07 bits per heavy atom. The molecule has 0 bridgehead atoms. The lowest BCUT2D eigenvalue weighted by molar-refractivity contribution is 0.0762. The summed E-state index contributed by atoms with van der Waals surface area (Å²) in [5, 5.41) is 0. The average molecular weight is 424 g/mol. The van der Waals surface area contributed by atoms with Crippen LogP contribution < -0.4 is 10.5 Å². The molecule has 1 aliphatic rings. The summed E-state index contributed by atoms with van der Waals surface area (Å²) in [6.07, 6.45) is 2.44. The van der Waals surface area contributed by atoms with Gasteiger partial charge in [-0.1, -0.05) is 36.4 Å². The number of rotatable bonds is 9. The minimum atomic E-state index is -3.59. The molecule has 0 atom stereocenters. The summed E-state index contributed by atoms with van der Waals surface area (Å²) in [6.45, 7) is 1.29. The summed E-state index contributed by atoms with van der Waals surface area (Å²) in [5.74, 6) is -0.208. The Hall–Kier alpha value is -1.93. The third-order valence-electron chi connectivity index (χ3n) is 4.49. The van der Waals surface area contributed by atoms with Crippen molar-refractivity contribution < 1.29 is 13.2 Å². The maximum atomic E-state index is 12.9. The minimum absolute atomic E-state index is 0. The van der Waals surface area contributed by atoms with Crippen molar-refractivity contribution in [2.24, 2.45) is 5.73 Å². The van der Waals surface area contributed by atoms with Gasteiger partial charge in [-0.3, -0.25) is 4.79 Å². The number of carbonyl (C=O) groups is 1. The molecule has 0 heterocycles. The lowest BCUT2D eigenvalue weighted by atomic mass is 10.1. The Labute approximate surface area is 172 Å². The van der Waals surface area contributed by atoms with E-state index < -0.39 is 10.0 Å². The number of nitrogens with two attached hydrogens (primary N) is 1. The number of hydrogen-bond acceptors (Lipinski definition) is 4. The van der Waals surface area contributed by atoms with Gasteiger partial charge in [0.15, 0.2) is 0 Å². The van der Waals surface area contributed by atoms with Crippen LogP contribution in [0.4, 0.5) is 0 Å². The van der Waals surface area contributed by atoms with Gasteiger partial charge in [-0.2, -0.15) is 0 Å². The van der Waals surface area contributed by atoms with Gasteiger partial charge in [-0.25, -0.2) is 13.1 Å². The molecule has 0 aliphatic heterocycles. The van der Waals surface area contributed by atoms with E-state index in [1.165, 1.54) is 12.1 Å². The molecule has 1 fully saturated rings. The van der Waals surface area contributed by atoms with Crippen LogP contribution in [0.2, 0.25) is 0 Å². The molecule has 0 saturated heterocycles. The monoisotopic (exact) mass is 423 g/mol. The Kier molecular flexibility index (Phi) is 8.00. The van der Waals surface area contributed by atoms with Gasteiger partial charge in [-0.15, -0.1) is 12.4 Å². The fourth-order valence-electron chi connectivity index (χ4n) is 2.85. The fourth-order valence-corrected chi connectivity index (χ4v) is 4.20. The van der Waals surface area contributed by atoms with E-state index in [1.54, 1.807) is 17.0 Å². The molecule has 152 valence electrons. The van der Waals surface area contributed by atoms with E-state index in [2.05, 4.69) is 4.72 Å². The summed E-state index contributed by atoms with van der Waals surface area (Å²) >= 11 is 0. The van der Waals surface area contributed by atoms with E-state index >= 15 is 0 Å². The molecule has 1 aliphatic carbocycles. The van der Waals surface area contributed by atoms with Crippen LogP contribution >= 0.6 is 12.4 Å². The summed E-state index contributed by atoms with van der Waals surface area (Å²) in [7, 11) is -3.59. The number of amides is 1. The molecule has 2 aromatic carbocycles. The summed E-state index contributed by atoms with van der Waals surface area (Å²) < 4.78 is 27.5. The van der Waals surface area contributed by atoms with E-state index in [9.17, 15) is 13.2 Å².